The van der Waals surface area contributed by atoms with E-state index in [1.807, 2.05) is 26.8 Å². The molecule has 0 fully saturated rings. The predicted octanol–water partition coefficient (Wildman–Crippen LogP) is 5.06. The number of carbonyl (C=O) groups is 1. The maximum absolute atomic E-state index is 13.2. The Morgan fingerprint density at radius 2 is 1.82 bits per heavy atom. The highest BCUT2D eigenvalue weighted by Gasteiger charge is 2.26. The first kappa shape index (κ1) is 26.1. The number of thioether (sulfide) groups is 1. The molecule has 3 aromatic rings. The number of benzene rings is 1. The molecule has 0 aliphatic carbocycles. The molecule has 8 nitrogen and oxygen atoms in total. The van der Waals surface area contributed by atoms with Gasteiger partial charge in [0.25, 0.3) is 10.0 Å². The van der Waals surface area contributed by atoms with Gasteiger partial charge in [-0.1, -0.05) is 25.1 Å². The van der Waals surface area contributed by atoms with Gasteiger partial charge in [0.15, 0.2) is 10.3 Å². The van der Waals surface area contributed by atoms with Gasteiger partial charge >= 0.3 is 0 Å². The number of nitrogens with one attached hydrogen (secondary N) is 1. The highest BCUT2D eigenvalue weighted by atomic mass is 32.2. The first-order chi connectivity index (χ1) is 16.3. The first-order valence-corrected chi connectivity index (χ1v) is 14.4. The van der Waals surface area contributed by atoms with E-state index in [4.69, 9.17) is 0 Å². The SMILES string of the molecule is CCCCN(c1nccs1)S(=O)(=O)c1ccc(NC(=O)CCCSc2nc(C)cc(C)n2)cc1. The molecule has 0 saturated heterocycles. The topological polar surface area (TPSA) is 105 Å². The monoisotopic (exact) mass is 519 g/mol. The lowest BCUT2D eigenvalue weighted by atomic mass is 10.3. The van der Waals surface area contributed by atoms with Crippen LogP contribution < -0.4 is 9.62 Å². The number of hydrogen-bond donors (Lipinski definition) is 1. The number of carbonyl (C=O) groups excluding carboxylic acids is 1. The summed E-state index contributed by atoms with van der Waals surface area (Å²) < 4.78 is 27.7. The summed E-state index contributed by atoms with van der Waals surface area (Å²) in [4.78, 5) is 25.4. The number of rotatable bonds is 12. The van der Waals surface area contributed by atoms with E-state index in [9.17, 15) is 13.2 Å². The number of unbranched alkanes of at least 4 members (excludes halogenated alkanes) is 1. The molecule has 0 aliphatic heterocycles. The average molecular weight is 520 g/mol. The molecule has 182 valence electrons. The largest absolute Gasteiger partial charge is 0.326 e. The molecule has 0 aliphatic rings. The van der Waals surface area contributed by atoms with Crippen molar-refractivity contribution in [2.45, 2.75) is 56.5 Å². The Morgan fingerprint density at radius 3 is 2.44 bits per heavy atom. The zero-order valence-electron chi connectivity index (χ0n) is 19.5. The second-order valence-electron chi connectivity index (χ2n) is 7.70. The lowest BCUT2D eigenvalue weighted by molar-refractivity contribution is -0.116. The summed E-state index contributed by atoms with van der Waals surface area (Å²) in [6, 6.07) is 8.19. The van der Waals surface area contributed by atoms with Gasteiger partial charge in [0.05, 0.1) is 4.90 Å². The summed E-state index contributed by atoms with van der Waals surface area (Å²) in [5.41, 5.74) is 2.42. The van der Waals surface area contributed by atoms with Crippen LogP contribution in [-0.2, 0) is 14.8 Å². The predicted molar refractivity (Wildman–Crippen MR) is 138 cm³/mol. The van der Waals surface area contributed by atoms with E-state index in [0.717, 1.165) is 35.1 Å². The molecule has 11 heteroatoms. The maximum Gasteiger partial charge on any atom is 0.266 e. The molecular formula is C23H29N5O3S3. The molecule has 1 N–H and O–H groups in total. The Morgan fingerprint density at radius 1 is 1.12 bits per heavy atom. The van der Waals surface area contributed by atoms with Gasteiger partial charge in [-0.15, -0.1) is 11.3 Å². The summed E-state index contributed by atoms with van der Waals surface area (Å²) in [5, 5.41) is 5.77. The Hall–Kier alpha value is -2.50. The Kier molecular flexibility index (Phi) is 9.43. The number of aryl methyl sites for hydroxylation is 2. The fourth-order valence-electron chi connectivity index (χ4n) is 3.17. The van der Waals surface area contributed by atoms with Gasteiger partial charge in [0, 0.05) is 47.4 Å². The molecular weight excluding hydrogens is 490 g/mol. The Bertz CT molecular complexity index is 1160. The smallest absolute Gasteiger partial charge is 0.266 e. The van der Waals surface area contributed by atoms with Crippen molar-refractivity contribution < 1.29 is 13.2 Å². The number of amides is 1. The highest BCUT2D eigenvalue weighted by molar-refractivity contribution is 7.99. The van der Waals surface area contributed by atoms with Gasteiger partial charge < -0.3 is 5.32 Å². The fourth-order valence-corrected chi connectivity index (χ4v) is 6.42. The molecule has 3 rings (SSSR count). The molecule has 0 saturated carbocycles. The van der Waals surface area contributed by atoms with E-state index in [1.54, 1.807) is 23.7 Å². The molecule has 0 bridgehead atoms. The number of hydrogen-bond acceptors (Lipinski definition) is 8. The average Bonchev–Trinajstić information content (AvgIpc) is 3.31. The minimum Gasteiger partial charge on any atom is -0.326 e. The lowest BCUT2D eigenvalue weighted by Gasteiger charge is -2.21. The zero-order chi connectivity index (χ0) is 24.6. The van der Waals surface area contributed by atoms with Crippen LogP contribution in [-0.4, -0.2) is 41.6 Å². The van der Waals surface area contributed by atoms with Gasteiger partial charge in [-0.3, -0.25) is 4.79 Å². The van der Waals surface area contributed by atoms with Crippen LogP contribution in [0.4, 0.5) is 10.8 Å². The van der Waals surface area contributed by atoms with Crippen LogP contribution in [0.15, 0.2) is 52.0 Å². The standard InChI is InChI=1S/C23H29N5O3S3/c1-4-5-13-28(23-24-12-15-33-23)34(30,31)20-10-8-19(9-11-20)27-21(29)7-6-14-32-22-25-17(2)16-18(3)26-22/h8-12,15-16H,4-7,13-14H2,1-3H3,(H,27,29). The van der Waals surface area contributed by atoms with Gasteiger partial charge in [0.1, 0.15) is 0 Å². The van der Waals surface area contributed by atoms with Gasteiger partial charge in [-0.2, -0.15) is 0 Å². The van der Waals surface area contributed by atoms with E-state index in [-0.39, 0.29) is 10.8 Å². The summed E-state index contributed by atoms with van der Waals surface area (Å²) >= 11 is 2.82. The van der Waals surface area contributed by atoms with Crippen LogP contribution in [0.2, 0.25) is 0 Å². The van der Waals surface area contributed by atoms with Crippen molar-refractivity contribution in [2.75, 3.05) is 21.9 Å². The van der Waals surface area contributed by atoms with Crippen molar-refractivity contribution in [3.8, 4) is 0 Å². The van der Waals surface area contributed by atoms with Crippen molar-refractivity contribution in [1.82, 2.24) is 15.0 Å². The Labute approximate surface area is 209 Å². The third-order valence-electron chi connectivity index (χ3n) is 4.81. The minimum absolute atomic E-state index is 0.120. The summed E-state index contributed by atoms with van der Waals surface area (Å²) in [6.45, 7) is 6.26. The number of sulfonamides is 1. The summed E-state index contributed by atoms with van der Waals surface area (Å²) in [5.74, 6) is 0.614. The Balaban J connectivity index is 1.54. The summed E-state index contributed by atoms with van der Waals surface area (Å²) in [6.07, 6.45) is 4.24. The van der Waals surface area contributed by atoms with E-state index in [1.165, 1.54) is 39.5 Å². The molecule has 1 aromatic carbocycles. The molecule has 1 amide bonds. The van der Waals surface area contributed by atoms with Gasteiger partial charge in [-0.25, -0.2) is 27.7 Å². The number of nitrogens with zero attached hydrogens (tertiary/aromatic N) is 4. The highest BCUT2D eigenvalue weighted by Crippen LogP contribution is 2.27. The van der Waals surface area contributed by atoms with Crippen LogP contribution in [0, 0.1) is 13.8 Å². The van der Waals surface area contributed by atoms with Crippen LogP contribution in [0.25, 0.3) is 0 Å². The number of thiazole rings is 1. The molecule has 2 aromatic heterocycles. The second-order valence-corrected chi connectivity index (χ2v) is 11.5. The second kappa shape index (κ2) is 12.3. The maximum atomic E-state index is 13.2. The molecule has 2 heterocycles. The normalized spacial score (nSPS) is 11.4. The molecule has 0 unspecified atom stereocenters. The number of anilines is 2. The fraction of sp³-hybridized carbons (Fsp3) is 0.391. The van der Waals surface area contributed by atoms with Gasteiger partial charge in [-0.05, 0) is 57.0 Å². The van der Waals surface area contributed by atoms with Gasteiger partial charge in [0.2, 0.25) is 5.91 Å². The first-order valence-electron chi connectivity index (χ1n) is 11.1. The third-order valence-corrected chi connectivity index (χ3v) is 8.46. The lowest BCUT2D eigenvalue weighted by Crippen LogP contribution is -2.31. The van der Waals surface area contributed by atoms with Crippen molar-refractivity contribution in [3.05, 3.63) is 53.3 Å². The molecule has 34 heavy (non-hydrogen) atoms. The summed E-state index contributed by atoms with van der Waals surface area (Å²) in [7, 11) is -3.74. The van der Waals surface area contributed by atoms with Crippen LogP contribution in [0.5, 0.6) is 0 Å². The quantitative estimate of drug-likeness (QED) is 0.203. The zero-order valence-corrected chi connectivity index (χ0v) is 22.0. The van der Waals surface area contributed by atoms with E-state index >= 15 is 0 Å². The molecule has 0 atom stereocenters. The van der Waals surface area contributed by atoms with Crippen molar-refractivity contribution >= 4 is 49.8 Å². The van der Waals surface area contributed by atoms with E-state index < -0.39 is 10.0 Å². The van der Waals surface area contributed by atoms with Crippen molar-refractivity contribution in [2.24, 2.45) is 0 Å². The third kappa shape index (κ3) is 7.25. The minimum atomic E-state index is -3.74. The van der Waals surface area contributed by atoms with Crippen LogP contribution in [0.3, 0.4) is 0 Å². The number of aromatic nitrogens is 3. The van der Waals surface area contributed by atoms with Crippen LogP contribution >= 0.6 is 23.1 Å². The van der Waals surface area contributed by atoms with Crippen molar-refractivity contribution in [3.63, 3.8) is 0 Å². The van der Waals surface area contributed by atoms with Crippen LogP contribution in [0.1, 0.15) is 44.0 Å². The molecule has 0 radical (unpaired) electrons. The van der Waals surface area contributed by atoms with E-state index in [0.29, 0.717) is 30.2 Å². The molecule has 0 spiro atoms. The van der Waals surface area contributed by atoms with E-state index in [2.05, 4.69) is 20.3 Å². The van der Waals surface area contributed by atoms with Crippen molar-refractivity contribution in [1.29, 1.82) is 0 Å².